The van der Waals surface area contributed by atoms with Gasteiger partial charge in [0.05, 0.1) is 38.0 Å². The average molecular weight is 479 g/mol. The minimum Gasteiger partial charge on any atom is -0.321 e. The summed E-state index contributed by atoms with van der Waals surface area (Å²) >= 11 is 0. The van der Waals surface area contributed by atoms with E-state index in [1.54, 1.807) is 6.20 Å². The molecule has 33 heavy (non-hydrogen) atoms. The average Bonchev–Trinajstić information content (AvgIpc) is 3.10. The quantitative estimate of drug-likeness (QED) is 0.165. The van der Waals surface area contributed by atoms with Crippen molar-refractivity contribution in [1.29, 1.82) is 5.26 Å². The molecule has 1 aliphatic rings. The van der Waals surface area contributed by atoms with Gasteiger partial charge in [-0.1, -0.05) is 6.92 Å². The standard InChI is InChI=1S/C22H35N6O4P/c1-6-9-29-30-14-21-26-20-13-24-15-25-22(20)27(21)18-11-19(12-18)32-33(31-10-7-8-23)28(16(2)3)17(4)5/h13,15-19H,6-7,9-12,14H2,1-5H3. The highest BCUT2D eigenvalue weighted by Gasteiger charge is 2.38. The van der Waals surface area contributed by atoms with Crippen molar-refractivity contribution in [1.82, 2.24) is 24.2 Å². The van der Waals surface area contributed by atoms with Crippen molar-refractivity contribution in [3.63, 3.8) is 0 Å². The van der Waals surface area contributed by atoms with Crippen molar-refractivity contribution in [3.05, 3.63) is 18.3 Å². The Bertz CT molecular complexity index is 904. The van der Waals surface area contributed by atoms with Crippen LogP contribution in [0.15, 0.2) is 12.5 Å². The Morgan fingerprint density at radius 2 is 1.97 bits per heavy atom. The van der Waals surface area contributed by atoms with E-state index in [9.17, 15) is 0 Å². The number of fused-ring (bicyclic) bond motifs is 1. The van der Waals surface area contributed by atoms with E-state index in [1.165, 1.54) is 6.33 Å². The van der Waals surface area contributed by atoms with Crippen molar-refractivity contribution in [2.75, 3.05) is 13.2 Å². The van der Waals surface area contributed by atoms with Crippen LogP contribution in [0.5, 0.6) is 0 Å². The summed E-state index contributed by atoms with van der Waals surface area (Å²) in [4.78, 5) is 23.8. The van der Waals surface area contributed by atoms with Crippen molar-refractivity contribution in [3.8, 4) is 6.07 Å². The molecular formula is C22H35N6O4P. The highest BCUT2D eigenvalue weighted by atomic mass is 31.2. The molecule has 0 saturated heterocycles. The largest absolute Gasteiger partial charge is 0.321 e. The molecule has 2 aromatic rings. The van der Waals surface area contributed by atoms with E-state index < -0.39 is 8.53 Å². The second-order valence-corrected chi connectivity index (χ2v) is 10.0. The van der Waals surface area contributed by atoms with Gasteiger partial charge in [0, 0.05) is 18.1 Å². The van der Waals surface area contributed by atoms with E-state index in [0.29, 0.717) is 19.6 Å². The Morgan fingerprint density at radius 1 is 1.21 bits per heavy atom. The van der Waals surface area contributed by atoms with Crippen molar-refractivity contribution < 1.29 is 18.8 Å². The molecule has 0 amide bonds. The Hall–Kier alpha value is -1.73. The number of aromatic nitrogens is 4. The molecular weight excluding hydrogens is 443 g/mol. The van der Waals surface area contributed by atoms with Gasteiger partial charge >= 0.3 is 0 Å². The monoisotopic (exact) mass is 478 g/mol. The number of hydrogen-bond acceptors (Lipinski definition) is 9. The van der Waals surface area contributed by atoms with Crippen LogP contribution in [0, 0.1) is 11.3 Å². The zero-order valence-electron chi connectivity index (χ0n) is 20.2. The predicted octanol–water partition coefficient (Wildman–Crippen LogP) is 4.68. The first-order valence-corrected chi connectivity index (χ1v) is 12.7. The molecule has 1 atom stereocenters. The summed E-state index contributed by atoms with van der Waals surface area (Å²) in [5.41, 5.74) is 1.53. The topological polar surface area (TPSA) is 108 Å². The molecule has 182 valence electrons. The van der Waals surface area contributed by atoms with Gasteiger partial charge < -0.3 is 13.6 Å². The Kier molecular flexibility index (Phi) is 9.93. The molecule has 2 aromatic heterocycles. The first kappa shape index (κ1) is 25.9. The fourth-order valence-corrected chi connectivity index (χ4v) is 5.61. The third-order valence-corrected chi connectivity index (χ3v) is 7.51. The molecule has 0 aliphatic heterocycles. The Morgan fingerprint density at radius 3 is 2.64 bits per heavy atom. The number of nitrogens with zero attached hydrogens (tertiary/aromatic N) is 6. The van der Waals surface area contributed by atoms with Crippen molar-refractivity contribution >= 4 is 19.7 Å². The van der Waals surface area contributed by atoms with Crippen LogP contribution >= 0.6 is 8.53 Å². The Balaban J connectivity index is 1.69. The fraction of sp³-hybridized carbons (Fsp3) is 0.727. The smallest absolute Gasteiger partial charge is 0.259 e. The molecule has 3 rings (SSSR count). The fourth-order valence-electron chi connectivity index (χ4n) is 3.87. The van der Waals surface area contributed by atoms with Gasteiger partial charge in [0.1, 0.15) is 24.3 Å². The van der Waals surface area contributed by atoms with Gasteiger partial charge in [-0.2, -0.15) is 5.26 Å². The minimum absolute atomic E-state index is 0.0626. The summed E-state index contributed by atoms with van der Waals surface area (Å²) < 4.78 is 16.9. The summed E-state index contributed by atoms with van der Waals surface area (Å²) in [6.07, 6.45) is 6.19. The van der Waals surface area contributed by atoms with Gasteiger partial charge in [-0.3, -0.25) is 0 Å². The zero-order valence-corrected chi connectivity index (χ0v) is 21.1. The van der Waals surface area contributed by atoms with Crippen LogP contribution in [-0.4, -0.2) is 55.6 Å². The lowest BCUT2D eigenvalue weighted by Gasteiger charge is -2.42. The summed E-state index contributed by atoms with van der Waals surface area (Å²) in [7, 11) is -1.25. The number of nitriles is 1. The first-order valence-electron chi connectivity index (χ1n) is 11.6. The van der Waals surface area contributed by atoms with Crippen LogP contribution in [0.3, 0.4) is 0 Å². The summed E-state index contributed by atoms with van der Waals surface area (Å²) in [5, 5.41) is 8.90. The van der Waals surface area contributed by atoms with Gasteiger partial charge in [-0.15, -0.1) is 0 Å². The van der Waals surface area contributed by atoms with Gasteiger partial charge in [-0.25, -0.2) is 29.4 Å². The van der Waals surface area contributed by atoms with Gasteiger partial charge in [0.25, 0.3) is 8.53 Å². The van der Waals surface area contributed by atoms with Crippen LogP contribution in [0.4, 0.5) is 0 Å². The van der Waals surface area contributed by atoms with Crippen LogP contribution in [-0.2, 0) is 25.4 Å². The molecule has 0 bridgehead atoms. The van der Waals surface area contributed by atoms with Crippen LogP contribution in [0.2, 0.25) is 0 Å². The van der Waals surface area contributed by atoms with E-state index in [4.69, 9.17) is 24.1 Å². The molecule has 1 saturated carbocycles. The third-order valence-electron chi connectivity index (χ3n) is 5.32. The number of hydrogen-bond donors (Lipinski definition) is 0. The molecule has 0 aromatic carbocycles. The van der Waals surface area contributed by atoms with Crippen LogP contribution in [0.25, 0.3) is 11.2 Å². The lowest BCUT2D eigenvalue weighted by Crippen LogP contribution is -2.38. The maximum atomic E-state index is 8.90. The molecule has 11 heteroatoms. The predicted molar refractivity (Wildman–Crippen MR) is 125 cm³/mol. The molecule has 0 N–H and O–H groups in total. The molecule has 1 fully saturated rings. The van der Waals surface area contributed by atoms with Crippen LogP contribution < -0.4 is 0 Å². The SMILES string of the molecule is CCCOOCc1nc2cncnc2n1C1CC(OP(OCCC#N)N(C(C)C)C(C)C)C1. The third kappa shape index (κ3) is 6.66. The normalized spacial score (nSPS) is 19.4. The van der Waals surface area contributed by atoms with Crippen molar-refractivity contribution in [2.45, 2.75) is 91.1 Å². The lowest BCUT2D eigenvalue weighted by atomic mass is 9.89. The van der Waals surface area contributed by atoms with E-state index >= 15 is 0 Å². The molecule has 1 aliphatic carbocycles. The van der Waals surface area contributed by atoms with Crippen LogP contribution in [0.1, 0.15) is 72.2 Å². The van der Waals surface area contributed by atoms with Gasteiger partial charge in [0.15, 0.2) is 5.65 Å². The van der Waals surface area contributed by atoms with E-state index in [2.05, 4.69) is 58.0 Å². The highest BCUT2D eigenvalue weighted by Crippen LogP contribution is 2.51. The Labute approximate surface area is 197 Å². The van der Waals surface area contributed by atoms with Gasteiger partial charge in [0.2, 0.25) is 0 Å². The lowest BCUT2D eigenvalue weighted by molar-refractivity contribution is -0.305. The number of rotatable bonds is 14. The maximum absolute atomic E-state index is 8.90. The molecule has 0 spiro atoms. The molecule has 2 heterocycles. The molecule has 10 nitrogen and oxygen atoms in total. The molecule has 0 radical (unpaired) electrons. The zero-order chi connectivity index (χ0) is 23.8. The summed E-state index contributed by atoms with van der Waals surface area (Å²) in [6, 6.07) is 2.89. The second kappa shape index (κ2) is 12.7. The number of imidazole rings is 1. The second-order valence-electron chi connectivity index (χ2n) is 8.61. The van der Waals surface area contributed by atoms with E-state index in [1.807, 2.05) is 6.92 Å². The maximum Gasteiger partial charge on any atom is 0.259 e. The van der Waals surface area contributed by atoms with E-state index in [-0.39, 0.29) is 30.8 Å². The molecule has 1 unspecified atom stereocenters. The minimum atomic E-state index is -1.25. The van der Waals surface area contributed by atoms with Crippen molar-refractivity contribution in [2.24, 2.45) is 0 Å². The first-order chi connectivity index (χ1) is 16.0. The van der Waals surface area contributed by atoms with Gasteiger partial charge in [-0.05, 0) is 47.0 Å². The van der Waals surface area contributed by atoms with E-state index in [0.717, 1.165) is 36.3 Å². The summed E-state index contributed by atoms with van der Waals surface area (Å²) in [6.45, 7) is 11.7. The highest BCUT2D eigenvalue weighted by molar-refractivity contribution is 7.44. The summed E-state index contributed by atoms with van der Waals surface area (Å²) in [5.74, 6) is 0.767.